The average Bonchev–Trinajstić information content (AvgIpc) is 2.42. The third-order valence-corrected chi connectivity index (χ3v) is 3.90. The fourth-order valence-corrected chi connectivity index (χ4v) is 3.12. The summed E-state index contributed by atoms with van der Waals surface area (Å²) in [5, 5.41) is 0. The fourth-order valence-electron chi connectivity index (χ4n) is 1.12. The van der Waals surface area contributed by atoms with Crippen molar-refractivity contribution in [3.05, 3.63) is 0 Å². The Kier molecular flexibility index (Phi) is 17.8. The molecule has 29 heavy (non-hydrogen) atoms. The molecule has 0 aromatic carbocycles. The Bertz CT molecular complexity index is 509. The van der Waals surface area contributed by atoms with Gasteiger partial charge < -0.3 is 29.4 Å². The topological polar surface area (TPSA) is 299 Å². The van der Waals surface area contributed by atoms with Gasteiger partial charge in [0.15, 0.2) is 0 Å². The summed E-state index contributed by atoms with van der Waals surface area (Å²) in [6.07, 6.45) is -9.11. The predicted octanol–water partition coefficient (Wildman–Crippen LogP) is -3.66. The van der Waals surface area contributed by atoms with Crippen molar-refractivity contribution in [2.24, 2.45) is 0 Å². The first-order valence-electron chi connectivity index (χ1n) is 5.48. The van der Waals surface area contributed by atoms with Crippen LogP contribution in [0.2, 0.25) is 0 Å². The molecule has 6 atom stereocenters. The Morgan fingerprint density at radius 2 is 0.586 bits per heavy atom. The second-order valence-corrected chi connectivity index (χ2v) is 7.29. The Balaban J connectivity index is 0. The molecule has 163 valence electrons. The van der Waals surface area contributed by atoms with Gasteiger partial charge in [0.2, 0.25) is 0 Å². The predicted molar refractivity (Wildman–Crippen MR) is 65.4 cm³/mol. The first-order chi connectivity index (χ1) is 12.8. The van der Waals surface area contributed by atoms with E-state index in [2.05, 4.69) is 27.1 Å². The van der Waals surface area contributed by atoms with E-state index < -0.39 is 73.7 Å². The van der Waals surface area contributed by atoms with Gasteiger partial charge in [0.05, 0.1) is 0 Å². The SMILES string of the molecule is O=[P+]([O-])OC(O[P+](=O)[O-])N(C(O[P+](=O)[O-])O[P+](=O)[O-])C(O[P+](=O)[O-])O[P+](=O)[O-].[Fe+3]. The molecule has 19 nitrogen and oxygen atoms in total. The van der Waals surface area contributed by atoms with Gasteiger partial charge >= 0.3 is 85.8 Å². The Morgan fingerprint density at radius 1 is 0.448 bits per heavy atom. The zero-order chi connectivity index (χ0) is 22.0. The summed E-state index contributed by atoms with van der Waals surface area (Å²) in [4.78, 5) is 63.6. The second-order valence-electron chi connectivity index (χ2n) is 3.34. The normalized spacial score (nSPS) is 17.5. The van der Waals surface area contributed by atoms with Crippen molar-refractivity contribution < 1.29 is 101 Å². The van der Waals surface area contributed by atoms with Crippen molar-refractivity contribution in [1.82, 2.24) is 4.90 Å². The van der Waals surface area contributed by atoms with Crippen LogP contribution in [-0.2, 0) is 71.6 Å². The molecule has 0 saturated heterocycles. The van der Waals surface area contributed by atoms with Crippen LogP contribution in [0.5, 0.6) is 0 Å². The van der Waals surface area contributed by atoms with Crippen LogP contribution in [0.25, 0.3) is 0 Å². The molecule has 26 heteroatoms. The molecule has 6 unspecified atom stereocenters. The van der Waals surface area contributed by atoms with E-state index in [0.29, 0.717) is 0 Å². The number of rotatable bonds is 15. The molecule has 0 bridgehead atoms. The molecule has 0 aromatic rings. The first kappa shape index (κ1) is 31.8. The maximum absolute atomic E-state index is 10.7. The molecule has 0 N–H and O–H groups in total. The van der Waals surface area contributed by atoms with Crippen molar-refractivity contribution in [1.29, 1.82) is 0 Å². The molecule has 0 saturated carbocycles. The molecule has 0 amide bonds. The van der Waals surface area contributed by atoms with Crippen LogP contribution in [0.3, 0.4) is 0 Å². The summed E-state index contributed by atoms with van der Waals surface area (Å²) >= 11 is 0. The molecule has 0 heterocycles. The molecule has 1 radical (unpaired) electrons. The zero-order valence-corrected chi connectivity index (χ0v) is 19.0. The third-order valence-electron chi connectivity index (χ3n) is 1.79. The Morgan fingerprint density at radius 3 is 0.690 bits per heavy atom. The van der Waals surface area contributed by atoms with Crippen molar-refractivity contribution in [3.8, 4) is 0 Å². The van der Waals surface area contributed by atoms with Gasteiger partial charge in [0.25, 0.3) is 0 Å². The zero-order valence-electron chi connectivity index (χ0n) is 12.6. The van der Waals surface area contributed by atoms with Crippen LogP contribution < -0.4 is 29.4 Å². The van der Waals surface area contributed by atoms with Crippen molar-refractivity contribution in [2.75, 3.05) is 0 Å². The van der Waals surface area contributed by atoms with Crippen LogP contribution in [-0.4, -0.2) is 24.1 Å². The molecular weight excluding hydrogens is 580 g/mol. The van der Waals surface area contributed by atoms with Gasteiger partial charge in [-0.25, -0.2) is 0 Å². The largest absolute Gasteiger partial charge is 3.00 e. The molecule has 0 rings (SSSR count). The molecular formula is C3H3FeNO18P6+3. The van der Waals surface area contributed by atoms with Crippen molar-refractivity contribution >= 4 is 49.5 Å². The maximum Gasteiger partial charge on any atom is 3.00 e. The van der Waals surface area contributed by atoms with E-state index in [0.717, 1.165) is 0 Å². The van der Waals surface area contributed by atoms with E-state index in [1.165, 1.54) is 0 Å². The fraction of sp³-hybridized carbons (Fsp3) is 1.00. The number of hydrogen-bond acceptors (Lipinski definition) is 19. The van der Waals surface area contributed by atoms with Crippen LogP contribution in [0.1, 0.15) is 0 Å². The molecule has 0 aliphatic rings. The first-order valence-corrected chi connectivity index (χ1v) is 12.0. The van der Waals surface area contributed by atoms with E-state index in [1.807, 2.05) is 0 Å². The maximum atomic E-state index is 10.7. The van der Waals surface area contributed by atoms with E-state index in [-0.39, 0.29) is 17.1 Å². The molecule has 0 fully saturated rings. The Labute approximate surface area is 175 Å². The van der Waals surface area contributed by atoms with Crippen molar-refractivity contribution in [3.63, 3.8) is 0 Å². The summed E-state index contributed by atoms with van der Waals surface area (Å²) in [5.41, 5.74) is 0. The van der Waals surface area contributed by atoms with Crippen LogP contribution in [0.4, 0.5) is 0 Å². The average molecular weight is 583 g/mol. The standard InChI is InChI=1S/C3H3NO18P6.Fe/c5-23(6)17-1(18-24(7)8)4(2(19-25(9)10)20-26(11)12)3(21-27(13)14)22-28(15)16;/h1-3H;/q;+3. The quantitative estimate of drug-likeness (QED) is 0.102. The minimum absolute atomic E-state index is 0. The van der Waals surface area contributed by atoms with Gasteiger partial charge in [-0.3, -0.25) is 0 Å². The minimum atomic E-state index is -4.09. The second kappa shape index (κ2) is 16.3. The number of nitrogens with zero attached hydrogens (tertiary/aromatic N) is 1. The summed E-state index contributed by atoms with van der Waals surface area (Å²) in [7, 11) is -24.6. The molecule has 0 spiro atoms. The van der Waals surface area contributed by atoms with E-state index >= 15 is 0 Å². The molecule has 0 aromatic heterocycles. The third kappa shape index (κ3) is 15.1. The van der Waals surface area contributed by atoms with E-state index in [9.17, 15) is 56.8 Å². The summed E-state index contributed by atoms with van der Waals surface area (Å²) in [6.45, 7) is 0. The molecule has 0 aliphatic heterocycles. The van der Waals surface area contributed by atoms with Gasteiger partial charge in [-0.2, -0.15) is 0 Å². The molecule has 0 aliphatic carbocycles. The van der Waals surface area contributed by atoms with Gasteiger partial charge in [-0.05, 0) is 27.4 Å². The summed E-state index contributed by atoms with van der Waals surface area (Å²) in [6, 6.07) is 0. The van der Waals surface area contributed by atoms with Crippen LogP contribution in [0, 0.1) is 0 Å². The van der Waals surface area contributed by atoms with Gasteiger partial charge in [0.1, 0.15) is 0 Å². The van der Waals surface area contributed by atoms with E-state index in [4.69, 9.17) is 0 Å². The summed E-state index contributed by atoms with van der Waals surface area (Å²) in [5.74, 6) is 0. The number of hydrogen-bond donors (Lipinski definition) is 0. The van der Waals surface area contributed by atoms with Crippen LogP contribution >= 0.6 is 49.5 Å². The van der Waals surface area contributed by atoms with Crippen LogP contribution in [0.15, 0.2) is 0 Å². The Hall–Kier alpha value is 0.599. The van der Waals surface area contributed by atoms with E-state index in [1.54, 1.807) is 0 Å². The smallest absolute Gasteiger partial charge is 0.566 e. The van der Waals surface area contributed by atoms with Gasteiger partial charge in [-0.1, -0.05) is 27.1 Å². The summed E-state index contributed by atoms with van der Waals surface area (Å²) < 4.78 is 87.5. The van der Waals surface area contributed by atoms with Gasteiger partial charge in [-0.15, -0.1) is 4.90 Å². The van der Waals surface area contributed by atoms with Gasteiger partial charge in [0, 0.05) is 0 Å². The monoisotopic (exact) mass is 583 g/mol. The van der Waals surface area contributed by atoms with Crippen molar-refractivity contribution in [2.45, 2.75) is 19.2 Å². The minimum Gasteiger partial charge on any atom is -0.566 e.